The lowest BCUT2D eigenvalue weighted by molar-refractivity contribution is 0.672. The smallest absolute Gasteiger partial charge is 0.131 e. The van der Waals surface area contributed by atoms with Crippen LogP contribution in [-0.2, 0) is 6.54 Å². The van der Waals surface area contributed by atoms with E-state index in [2.05, 4.69) is 22.4 Å². The second kappa shape index (κ2) is 3.83. The fourth-order valence-electron chi connectivity index (χ4n) is 2.89. The molecule has 1 heterocycles. The Morgan fingerprint density at radius 2 is 2.13 bits per heavy atom. The van der Waals surface area contributed by atoms with Crippen LogP contribution in [0.25, 0.3) is 0 Å². The van der Waals surface area contributed by atoms with E-state index in [0.717, 1.165) is 35.9 Å². The van der Waals surface area contributed by atoms with Gasteiger partial charge in [0.15, 0.2) is 0 Å². The summed E-state index contributed by atoms with van der Waals surface area (Å²) >= 11 is 1.82. The predicted molar refractivity (Wildman–Crippen MR) is 60.9 cm³/mol. The summed E-state index contributed by atoms with van der Waals surface area (Å²) in [4.78, 5) is 0. The van der Waals surface area contributed by atoms with Gasteiger partial charge in [-0.3, -0.25) is 0 Å². The summed E-state index contributed by atoms with van der Waals surface area (Å²) in [6, 6.07) is 0. The highest BCUT2D eigenvalue weighted by Crippen LogP contribution is 2.63. The average molecular weight is 223 g/mol. The van der Waals surface area contributed by atoms with Crippen LogP contribution in [0.3, 0.4) is 0 Å². The summed E-state index contributed by atoms with van der Waals surface area (Å²) in [5, 5.41) is 14.3. The molecule has 2 unspecified atom stereocenters. The van der Waals surface area contributed by atoms with Crippen LogP contribution in [0.4, 0.5) is 0 Å². The lowest BCUT2D eigenvalue weighted by atomic mass is 10.2. The molecule has 0 amide bonds. The van der Waals surface area contributed by atoms with Crippen LogP contribution < -0.4 is 5.32 Å². The predicted octanol–water partition coefficient (Wildman–Crippen LogP) is 2.16. The van der Waals surface area contributed by atoms with Crippen molar-refractivity contribution in [2.45, 2.75) is 38.6 Å². The second-order valence-corrected chi connectivity index (χ2v) is 5.69. The molecule has 2 aliphatic carbocycles. The Labute approximate surface area is 94.3 Å². The molecule has 2 atom stereocenters. The molecule has 0 saturated heterocycles. The van der Waals surface area contributed by atoms with Gasteiger partial charge < -0.3 is 5.32 Å². The van der Waals surface area contributed by atoms with Crippen LogP contribution in [0.5, 0.6) is 0 Å². The quantitative estimate of drug-likeness (QED) is 0.850. The molecule has 0 bridgehead atoms. The molecule has 0 aliphatic heterocycles. The summed E-state index contributed by atoms with van der Waals surface area (Å²) in [7, 11) is 0. The number of nitrogens with zero attached hydrogens (tertiary/aromatic N) is 2. The van der Waals surface area contributed by atoms with Gasteiger partial charge in [-0.05, 0) is 31.2 Å². The molecule has 1 N–H and O–H groups in total. The third-order valence-electron chi connectivity index (χ3n) is 3.70. The molecule has 82 valence electrons. The van der Waals surface area contributed by atoms with Crippen molar-refractivity contribution in [2.24, 2.45) is 11.8 Å². The third kappa shape index (κ3) is 1.70. The normalized spacial score (nSPS) is 33.0. The Morgan fingerprint density at radius 1 is 1.33 bits per heavy atom. The molecule has 0 aromatic carbocycles. The Kier molecular flexibility index (Phi) is 2.48. The summed E-state index contributed by atoms with van der Waals surface area (Å²) < 4.78 is 0. The number of rotatable bonds is 4. The monoisotopic (exact) mass is 223 g/mol. The van der Waals surface area contributed by atoms with Crippen LogP contribution in [0.2, 0.25) is 0 Å². The van der Waals surface area contributed by atoms with Gasteiger partial charge in [-0.15, -0.1) is 10.2 Å². The SMILES string of the molecule is CCNCc1nnc(C2C3CCCC32)s1. The van der Waals surface area contributed by atoms with Gasteiger partial charge in [0.2, 0.25) is 0 Å². The Hall–Kier alpha value is -0.480. The number of aromatic nitrogens is 2. The van der Waals surface area contributed by atoms with Gasteiger partial charge in [-0.25, -0.2) is 0 Å². The van der Waals surface area contributed by atoms with Gasteiger partial charge in [0.05, 0.1) is 0 Å². The second-order valence-electron chi connectivity index (χ2n) is 4.60. The first-order valence-electron chi connectivity index (χ1n) is 5.93. The molecule has 2 fully saturated rings. The molecular weight excluding hydrogens is 206 g/mol. The minimum absolute atomic E-state index is 0.784. The highest BCUT2D eigenvalue weighted by Gasteiger charge is 2.54. The first-order chi connectivity index (χ1) is 7.40. The Morgan fingerprint density at radius 3 is 2.87 bits per heavy atom. The third-order valence-corrected chi connectivity index (χ3v) is 4.72. The zero-order valence-electron chi connectivity index (χ0n) is 9.07. The molecule has 1 aromatic rings. The topological polar surface area (TPSA) is 37.8 Å². The van der Waals surface area contributed by atoms with Gasteiger partial charge in [-0.2, -0.15) is 0 Å². The minimum Gasteiger partial charge on any atom is -0.311 e. The van der Waals surface area contributed by atoms with Crippen molar-refractivity contribution in [1.82, 2.24) is 15.5 Å². The maximum Gasteiger partial charge on any atom is 0.131 e. The van der Waals surface area contributed by atoms with E-state index in [0.29, 0.717) is 0 Å². The maximum absolute atomic E-state index is 4.34. The van der Waals surface area contributed by atoms with E-state index in [1.54, 1.807) is 0 Å². The molecule has 3 rings (SSSR count). The summed E-state index contributed by atoms with van der Waals surface area (Å²) in [6.45, 7) is 4.01. The van der Waals surface area contributed by atoms with Crippen LogP contribution in [0.15, 0.2) is 0 Å². The van der Waals surface area contributed by atoms with Crippen LogP contribution in [0, 0.1) is 11.8 Å². The summed E-state index contributed by atoms with van der Waals surface area (Å²) in [5.41, 5.74) is 0. The molecule has 3 nitrogen and oxygen atoms in total. The number of hydrogen-bond acceptors (Lipinski definition) is 4. The van der Waals surface area contributed by atoms with E-state index >= 15 is 0 Å². The summed E-state index contributed by atoms with van der Waals surface area (Å²) in [6.07, 6.45) is 4.30. The molecular formula is C11H17N3S. The van der Waals surface area contributed by atoms with Crippen molar-refractivity contribution in [2.75, 3.05) is 6.54 Å². The molecule has 0 radical (unpaired) electrons. The number of fused-ring (bicyclic) bond motifs is 1. The zero-order valence-corrected chi connectivity index (χ0v) is 9.89. The van der Waals surface area contributed by atoms with E-state index in [1.807, 2.05) is 11.3 Å². The molecule has 15 heavy (non-hydrogen) atoms. The van der Waals surface area contributed by atoms with E-state index < -0.39 is 0 Å². The maximum atomic E-state index is 4.34. The van der Waals surface area contributed by atoms with Gasteiger partial charge in [0, 0.05) is 12.5 Å². The van der Waals surface area contributed by atoms with Gasteiger partial charge >= 0.3 is 0 Å². The van der Waals surface area contributed by atoms with E-state index in [9.17, 15) is 0 Å². The first kappa shape index (κ1) is 9.73. The van der Waals surface area contributed by atoms with Crippen molar-refractivity contribution < 1.29 is 0 Å². The number of nitrogens with one attached hydrogen (secondary N) is 1. The fraction of sp³-hybridized carbons (Fsp3) is 0.818. The van der Waals surface area contributed by atoms with Crippen molar-refractivity contribution in [1.29, 1.82) is 0 Å². The fourth-order valence-corrected chi connectivity index (χ4v) is 3.96. The van der Waals surface area contributed by atoms with E-state index in [1.165, 1.54) is 24.3 Å². The van der Waals surface area contributed by atoms with Crippen LogP contribution in [0.1, 0.15) is 42.1 Å². The molecule has 1 aromatic heterocycles. The number of hydrogen-bond donors (Lipinski definition) is 1. The van der Waals surface area contributed by atoms with E-state index in [-0.39, 0.29) is 0 Å². The largest absolute Gasteiger partial charge is 0.311 e. The van der Waals surface area contributed by atoms with E-state index in [4.69, 9.17) is 0 Å². The Bertz CT molecular complexity index is 339. The highest BCUT2D eigenvalue weighted by molar-refractivity contribution is 7.11. The zero-order chi connectivity index (χ0) is 10.3. The lowest BCUT2D eigenvalue weighted by Crippen LogP contribution is -2.11. The average Bonchev–Trinajstić information content (AvgIpc) is 2.73. The minimum atomic E-state index is 0.784. The Balaban J connectivity index is 1.64. The van der Waals surface area contributed by atoms with Crippen molar-refractivity contribution >= 4 is 11.3 Å². The lowest BCUT2D eigenvalue weighted by Gasteiger charge is -1.96. The van der Waals surface area contributed by atoms with Gasteiger partial charge in [0.25, 0.3) is 0 Å². The van der Waals surface area contributed by atoms with Crippen molar-refractivity contribution in [3.8, 4) is 0 Å². The summed E-state index contributed by atoms with van der Waals surface area (Å²) in [5.74, 6) is 2.71. The highest BCUT2D eigenvalue weighted by atomic mass is 32.1. The van der Waals surface area contributed by atoms with Crippen molar-refractivity contribution in [3.63, 3.8) is 0 Å². The molecule has 2 aliphatic rings. The molecule has 0 spiro atoms. The molecule has 4 heteroatoms. The van der Waals surface area contributed by atoms with Gasteiger partial charge in [0.1, 0.15) is 10.0 Å². The first-order valence-corrected chi connectivity index (χ1v) is 6.74. The van der Waals surface area contributed by atoms with Crippen LogP contribution in [-0.4, -0.2) is 16.7 Å². The van der Waals surface area contributed by atoms with Crippen molar-refractivity contribution in [3.05, 3.63) is 10.0 Å². The van der Waals surface area contributed by atoms with Gasteiger partial charge in [-0.1, -0.05) is 24.7 Å². The molecule has 2 saturated carbocycles. The van der Waals surface area contributed by atoms with Crippen LogP contribution >= 0.6 is 11.3 Å². The standard InChI is InChI=1S/C11H17N3S/c1-2-12-6-9-13-14-11(15-9)10-7-4-3-5-8(7)10/h7-8,10,12H,2-6H2,1H3.